The number of carboxylic acid groups (broad SMARTS) is 1. The number of fused-ring (bicyclic) bond motifs is 2. The van der Waals surface area contributed by atoms with Gasteiger partial charge in [0.25, 0.3) is 0 Å². The van der Waals surface area contributed by atoms with E-state index < -0.39 is 55.2 Å². The highest BCUT2D eigenvalue weighted by Gasteiger charge is 2.49. The number of aromatic amines is 1. The highest BCUT2D eigenvalue weighted by atomic mass is 16.7. The Bertz CT molecular complexity index is 1920. The third-order valence-electron chi connectivity index (χ3n) is 7.78. The van der Waals surface area contributed by atoms with Crippen LogP contribution in [0.2, 0.25) is 0 Å². The Morgan fingerprint density at radius 3 is 2.60 bits per heavy atom. The molecule has 0 radical (unpaired) electrons. The quantitative estimate of drug-likeness (QED) is 0.0878. The molecule has 15 nitrogen and oxygen atoms in total. The number of aliphatic carboxylic acids is 1. The van der Waals surface area contributed by atoms with Crippen LogP contribution in [0.25, 0.3) is 33.0 Å². The Balaban J connectivity index is 1.26. The Hall–Kier alpha value is -5.35. The van der Waals surface area contributed by atoms with Crippen LogP contribution >= 0.6 is 0 Å². The summed E-state index contributed by atoms with van der Waals surface area (Å²) in [5.74, 6) is -3.76. The number of carboxylic acids is 1. The van der Waals surface area contributed by atoms with Gasteiger partial charge in [0, 0.05) is 24.2 Å². The van der Waals surface area contributed by atoms with E-state index in [1.807, 2.05) is 6.07 Å². The Morgan fingerprint density at radius 1 is 1.09 bits per heavy atom. The Labute approximate surface area is 265 Å². The van der Waals surface area contributed by atoms with Crippen molar-refractivity contribution in [1.29, 1.82) is 0 Å². The molecule has 0 aliphatic carbocycles. The van der Waals surface area contributed by atoms with Gasteiger partial charge in [0.15, 0.2) is 11.3 Å². The first-order chi connectivity index (χ1) is 22.6. The number of carbonyl (C=O) groups excluding carboxylic acids is 1. The lowest BCUT2D eigenvalue weighted by Gasteiger charge is -2.41. The van der Waals surface area contributed by atoms with E-state index in [0.717, 1.165) is 10.9 Å². The van der Waals surface area contributed by atoms with Crippen molar-refractivity contribution in [2.75, 3.05) is 20.2 Å². The van der Waals surface area contributed by atoms with Gasteiger partial charge in [-0.1, -0.05) is 12.1 Å². The number of H-pyrrole nitrogens is 1. The maximum atomic E-state index is 13.2. The third kappa shape index (κ3) is 6.50. The topological polar surface area (TPSA) is 215 Å². The first-order valence-electron chi connectivity index (χ1n) is 14.5. The van der Waals surface area contributed by atoms with E-state index in [1.165, 1.54) is 48.4 Å². The highest BCUT2D eigenvalue weighted by molar-refractivity contribution is 5.94. The predicted molar refractivity (Wildman–Crippen MR) is 164 cm³/mol. The number of ether oxygens (including phenoxy) is 3. The Morgan fingerprint density at radius 2 is 1.87 bits per heavy atom. The molecule has 5 aromatic rings. The van der Waals surface area contributed by atoms with Crippen LogP contribution in [0.15, 0.2) is 82.6 Å². The van der Waals surface area contributed by atoms with Crippen molar-refractivity contribution in [3.8, 4) is 22.6 Å². The Kier molecular flexibility index (Phi) is 8.86. The normalized spacial score (nSPS) is 21.8. The summed E-state index contributed by atoms with van der Waals surface area (Å²) in [6.45, 7) is -0.789. The zero-order valence-electron chi connectivity index (χ0n) is 24.8. The average Bonchev–Trinajstić information content (AvgIpc) is 3.65. The number of aliphatic hydroxyl groups excluding tert-OH is 2. The van der Waals surface area contributed by atoms with Crippen LogP contribution < -0.4 is 20.3 Å². The second-order valence-corrected chi connectivity index (χ2v) is 10.9. The highest BCUT2D eigenvalue weighted by Crippen LogP contribution is 2.29. The summed E-state index contributed by atoms with van der Waals surface area (Å²) in [6.07, 6.45) is -1.05. The fraction of sp³-hybridized carbons (Fsp3) is 0.281. The van der Waals surface area contributed by atoms with Gasteiger partial charge in [0.2, 0.25) is 12.4 Å². The molecule has 0 spiro atoms. The van der Waals surface area contributed by atoms with Crippen molar-refractivity contribution in [2.24, 2.45) is 5.92 Å². The first kappa shape index (κ1) is 31.6. The van der Waals surface area contributed by atoms with Gasteiger partial charge in [0.1, 0.15) is 48.3 Å². The number of carbonyl (C=O) groups is 2. The minimum Gasteiger partial charge on any atom is -0.508 e. The lowest BCUT2D eigenvalue weighted by Crippen LogP contribution is -2.63. The number of hydrogen-bond acceptors (Lipinski definition) is 12. The van der Waals surface area contributed by atoms with E-state index in [0.29, 0.717) is 5.56 Å². The molecule has 0 amide bonds. The van der Waals surface area contributed by atoms with Crippen molar-refractivity contribution < 1.29 is 53.5 Å². The molecule has 6 unspecified atom stereocenters. The van der Waals surface area contributed by atoms with Crippen molar-refractivity contribution >= 4 is 33.8 Å². The molecule has 47 heavy (non-hydrogen) atoms. The van der Waals surface area contributed by atoms with Crippen LogP contribution in [-0.2, 0) is 19.1 Å². The molecule has 0 bridgehead atoms. The van der Waals surface area contributed by atoms with E-state index >= 15 is 0 Å². The van der Waals surface area contributed by atoms with Gasteiger partial charge in [-0.25, -0.2) is 0 Å². The van der Waals surface area contributed by atoms with Crippen LogP contribution in [0.5, 0.6) is 11.5 Å². The zero-order valence-corrected chi connectivity index (χ0v) is 24.8. The summed E-state index contributed by atoms with van der Waals surface area (Å²) >= 11 is 0. The number of phenolic OH excluding ortho intramolecular Hbond substituents is 1. The summed E-state index contributed by atoms with van der Waals surface area (Å²) in [5.41, 5.74) is 1.44. The molecule has 6 atom stereocenters. The van der Waals surface area contributed by atoms with Crippen LogP contribution in [0.3, 0.4) is 0 Å². The standard InChI is InChI=1S/C32H31N3O12/c1-33-11-21(30(40)41)31(42)44-15-25-27(38)28(39)29(47-35-12-17-8-9-34-23(17)13-35)32(46-25)45-19-6-7-20-24(10-19)43-14-22(26(20)37)16-2-4-18(36)5-3-16/h2-10,12-14,21,25,27-29,32-34,36,38-39H,11,15H2,1H3,(H,40,41). The molecular weight excluding hydrogens is 618 g/mol. The predicted octanol–water partition coefficient (Wildman–Crippen LogP) is 1.23. The number of rotatable bonds is 11. The van der Waals surface area contributed by atoms with E-state index in [-0.39, 0.29) is 40.0 Å². The van der Waals surface area contributed by atoms with Crippen LogP contribution in [0.4, 0.5) is 0 Å². The number of esters is 1. The van der Waals surface area contributed by atoms with Gasteiger partial charge in [0.05, 0.1) is 28.9 Å². The molecule has 15 heteroatoms. The molecule has 6 N–H and O–H groups in total. The summed E-state index contributed by atoms with van der Waals surface area (Å²) in [6, 6.07) is 12.3. The summed E-state index contributed by atoms with van der Waals surface area (Å²) in [5, 5.41) is 44.7. The summed E-state index contributed by atoms with van der Waals surface area (Å²) in [7, 11) is 1.48. The summed E-state index contributed by atoms with van der Waals surface area (Å²) < 4.78 is 24.3. The lowest BCUT2D eigenvalue weighted by molar-refractivity contribution is -0.288. The van der Waals surface area contributed by atoms with Gasteiger partial charge in [-0.15, -0.1) is 0 Å². The molecule has 6 rings (SSSR count). The lowest BCUT2D eigenvalue weighted by atomic mass is 9.99. The number of aromatic hydroxyl groups is 1. The second-order valence-electron chi connectivity index (χ2n) is 10.9. The molecule has 1 fully saturated rings. The van der Waals surface area contributed by atoms with Gasteiger partial charge in [-0.3, -0.25) is 14.4 Å². The average molecular weight is 650 g/mol. The van der Waals surface area contributed by atoms with Crippen molar-refractivity contribution in [1.82, 2.24) is 15.0 Å². The second kappa shape index (κ2) is 13.2. The molecule has 1 saturated heterocycles. The smallest absolute Gasteiger partial charge is 0.321 e. The van der Waals surface area contributed by atoms with Crippen LogP contribution in [0.1, 0.15) is 0 Å². The number of aromatic nitrogens is 2. The van der Waals surface area contributed by atoms with Crippen LogP contribution in [-0.4, -0.2) is 93.0 Å². The monoisotopic (exact) mass is 649 g/mol. The minimum atomic E-state index is -1.63. The number of phenols is 1. The maximum Gasteiger partial charge on any atom is 0.321 e. The maximum absolute atomic E-state index is 13.2. The largest absolute Gasteiger partial charge is 0.508 e. The molecule has 2 aromatic carbocycles. The fourth-order valence-corrected chi connectivity index (χ4v) is 5.27. The molecule has 1 aliphatic heterocycles. The van der Waals surface area contributed by atoms with Crippen molar-refractivity contribution in [3.63, 3.8) is 0 Å². The molecule has 3 aromatic heterocycles. The zero-order chi connectivity index (χ0) is 33.2. The van der Waals surface area contributed by atoms with Gasteiger partial charge in [-0.05, 0) is 42.9 Å². The molecular formula is C32H31N3O12. The van der Waals surface area contributed by atoms with Gasteiger partial charge < -0.3 is 54.2 Å². The summed E-state index contributed by atoms with van der Waals surface area (Å²) in [4.78, 5) is 46.2. The van der Waals surface area contributed by atoms with Crippen LogP contribution in [0, 0.1) is 5.92 Å². The third-order valence-corrected chi connectivity index (χ3v) is 7.78. The van der Waals surface area contributed by atoms with Gasteiger partial charge in [-0.2, -0.15) is 4.73 Å². The van der Waals surface area contributed by atoms with E-state index in [9.17, 15) is 34.8 Å². The fourth-order valence-electron chi connectivity index (χ4n) is 5.27. The number of nitrogens with zero attached hydrogens (tertiary/aromatic N) is 1. The molecule has 0 saturated carbocycles. The van der Waals surface area contributed by atoms with E-state index in [2.05, 4.69) is 10.3 Å². The molecule has 246 valence electrons. The minimum absolute atomic E-state index is 0.0543. The molecule has 1 aliphatic rings. The first-order valence-corrected chi connectivity index (χ1v) is 14.5. The van der Waals surface area contributed by atoms with E-state index in [1.54, 1.807) is 30.7 Å². The number of aliphatic hydroxyl groups is 2. The SMILES string of the molecule is CNCC(C(=O)O)C(=O)OCC1OC(Oc2ccc3c(=O)c(-c4ccc(O)cc4)coc3c2)C(On2cc3cc[nH]c3c2)C(O)C1O. The van der Waals surface area contributed by atoms with Crippen molar-refractivity contribution in [3.05, 3.63) is 83.6 Å². The molecule has 4 heterocycles. The van der Waals surface area contributed by atoms with Crippen molar-refractivity contribution in [2.45, 2.75) is 30.7 Å². The number of nitrogens with one attached hydrogen (secondary N) is 2. The number of hydrogen-bond donors (Lipinski definition) is 6. The van der Waals surface area contributed by atoms with Gasteiger partial charge >= 0.3 is 11.9 Å². The van der Waals surface area contributed by atoms with E-state index in [4.69, 9.17) is 23.5 Å². The number of benzene rings is 2.